The quantitative estimate of drug-likeness (QED) is 0.311. The highest BCUT2D eigenvalue weighted by atomic mass is 16.6. The number of piperidine rings is 1. The summed E-state index contributed by atoms with van der Waals surface area (Å²) >= 11 is 0. The molecule has 0 aromatic heterocycles. The topological polar surface area (TPSA) is 147 Å². The second-order valence-electron chi connectivity index (χ2n) is 13.7. The van der Waals surface area contributed by atoms with Crippen molar-refractivity contribution in [3.8, 4) is 0 Å². The van der Waals surface area contributed by atoms with E-state index in [2.05, 4.69) is 4.90 Å². The van der Waals surface area contributed by atoms with Crippen LogP contribution in [0.1, 0.15) is 23.2 Å². The van der Waals surface area contributed by atoms with E-state index in [9.17, 15) is 25.2 Å². The number of hydrogen-bond acceptors (Lipinski definition) is 11. The van der Waals surface area contributed by atoms with E-state index in [-0.39, 0.29) is 25.0 Å². The van der Waals surface area contributed by atoms with Crippen LogP contribution < -0.4 is 0 Å². The summed E-state index contributed by atoms with van der Waals surface area (Å²) in [6, 6.07) is 8.22. The number of aliphatic hydroxyl groups is 4. The molecule has 1 spiro atoms. The lowest BCUT2D eigenvalue weighted by Crippen LogP contribution is -2.80. The van der Waals surface area contributed by atoms with Gasteiger partial charge in [0.15, 0.2) is 0 Å². The Morgan fingerprint density at radius 2 is 1.71 bits per heavy atom. The molecule has 232 valence electrons. The van der Waals surface area contributed by atoms with Crippen LogP contribution in [0.2, 0.25) is 0 Å². The number of hydrogen-bond donors (Lipinski definition) is 4. The van der Waals surface area contributed by atoms with Crippen molar-refractivity contribution in [2.75, 3.05) is 48.6 Å². The van der Waals surface area contributed by atoms with Crippen molar-refractivity contribution in [2.24, 2.45) is 34.5 Å². The molecule has 5 aliphatic carbocycles. The maximum atomic E-state index is 13.5. The van der Waals surface area contributed by atoms with Gasteiger partial charge < -0.3 is 49.0 Å². The van der Waals surface area contributed by atoms with Crippen LogP contribution in [0, 0.1) is 34.5 Å². The van der Waals surface area contributed by atoms with Crippen LogP contribution in [-0.2, 0) is 23.7 Å². The molecule has 1 aliphatic heterocycles. The number of methoxy groups -OCH3 is 4. The van der Waals surface area contributed by atoms with Gasteiger partial charge in [0, 0.05) is 76.0 Å². The SMILES string of the molecule is COC[C@]12CN(C)C3[C@H]4[C@H](OC)[C@H]1[C@@]3([C@@H](OC)C[C@H]2O)[C@H]1C[C@]2(O)[C@H](OC(=O)c3ccccc3)[C@@H]1[C@]4(O)[C@@H](O)[C@@H]2OC. The van der Waals surface area contributed by atoms with Crippen molar-refractivity contribution in [1.29, 1.82) is 0 Å². The van der Waals surface area contributed by atoms with Crippen molar-refractivity contribution in [3.05, 3.63) is 35.9 Å². The Hall–Kier alpha value is -1.67. The average molecular weight is 590 g/mol. The van der Waals surface area contributed by atoms with Crippen LogP contribution in [0.5, 0.6) is 0 Å². The Morgan fingerprint density at radius 1 is 1.00 bits per heavy atom. The molecule has 1 heterocycles. The Bertz CT molecular complexity index is 1240. The fraction of sp³-hybridized carbons (Fsp3) is 0.774. The van der Waals surface area contributed by atoms with E-state index in [0.29, 0.717) is 18.5 Å². The fourth-order valence-electron chi connectivity index (χ4n) is 11.8. The highest BCUT2D eigenvalue weighted by Crippen LogP contribution is 2.80. The number of carbonyl (C=O) groups is 1. The van der Waals surface area contributed by atoms with Crippen LogP contribution in [0.3, 0.4) is 0 Å². The zero-order valence-corrected chi connectivity index (χ0v) is 24.8. The summed E-state index contributed by atoms with van der Waals surface area (Å²) in [5.41, 5.74) is -4.81. The molecule has 11 nitrogen and oxygen atoms in total. The highest BCUT2D eigenvalue weighted by Gasteiger charge is 2.91. The summed E-state index contributed by atoms with van der Waals surface area (Å²) in [4.78, 5) is 15.7. The lowest BCUT2D eigenvalue weighted by Gasteiger charge is -2.69. The summed E-state index contributed by atoms with van der Waals surface area (Å²) in [5, 5.41) is 49.4. The molecule has 42 heavy (non-hydrogen) atoms. The van der Waals surface area contributed by atoms with Gasteiger partial charge in [-0.3, -0.25) is 0 Å². The van der Waals surface area contributed by atoms with E-state index in [1.807, 2.05) is 7.05 Å². The van der Waals surface area contributed by atoms with Gasteiger partial charge in [0.05, 0.1) is 30.5 Å². The summed E-state index contributed by atoms with van der Waals surface area (Å²) in [6.07, 6.45) is -5.28. The smallest absolute Gasteiger partial charge is 0.338 e. The molecular weight excluding hydrogens is 546 g/mol. The van der Waals surface area contributed by atoms with Gasteiger partial charge in [-0.1, -0.05) is 18.2 Å². The predicted molar refractivity (Wildman–Crippen MR) is 146 cm³/mol. The number of aliphatic hydroxyl groups excluding tert-OH is 2. The molecule has 0 radical (unpaired) electrons. The third-order valence-corrected chi connectivity index (χ3v) is 12.6. The maximum Gasteiger partial charge on any atom is 0.338 e. The first-order valence-corrected chi connectivity index (χ1v) is 14.9. The van der Waals surface area contributed by atoms with Crippen LogP contribution >= 0.6 is 0 Å². The summed E-state index contributed by atoms with van der Waals surface area (Å²) in [7, 11) is 8.22. The average Bonchev–Trinajstić information content (AvgIpc) is 3.37. The van der Waals surface area contributed by atoms with E-state index < -0.39 is 82.4 Å². The number of esters is 1. The second-order valence-corrected chi connectivity index (χ2v) is 13.7. The van der Waals surface area contributed by atoms with Crippen LogP contribution in [0.15, 0.2) is 30.3 Å². The zero-order chi connectivity index (χ0) is 30.0. The Morgan fingerprint density at radius 3 is 2.33 bits per heavy atom. The van der Waals surface area contributed by atoms with Gasteiger partial charge in [-0.15, -0.1) is 0 Å². The minimum atomic E-state index is -1.86. The van der Waals surface area contributed by atoms with Gasteiger partial charge >= 0.3 is 5.97 Å². The van der Waals surface area contributed by atoms with E-state index >= 15 is 0 Å². The molecule has 5 saturated carbocycles. The van der Waals surface area contributed by atoms with Gasteiger partial charge in [-0.05, 0) is 31.5 Å². The predicted octanol–water partition coefficient (Wildman–Crippen LogP) is -0.313. The molecule has 0 amide bonds. The van der Waals surface area contributed by atoms with Gasteiger partial charge in [-0.2, -0.15) is 0 Å². The number of carbonyl (C=O) groups excluding carboxylic acids is 1. The van der Waals surface area contributed by atoms with E-state index in [0.717, 1.165) is 0 Å². The number of benzene rings is 1. The van der Waals surface area contributed by atoms with Crippen LogP contribution in [0.4, 0.5) is 0 Å². The molecule has 15 atom stereocenters. The van der Waals surface area contributed by atoms with Gasteiger partial charge in [-0.25, -0.2) is 4.79 Å². The molecule has 6 fully saturated rings. The largest absolute Gasteiger partial charge is 0.455 e. The van der Waals surface area contributed by atoms with Crippen molar-refractivity contribution in [1.82, 2.24) is 4.90 Å². The number of fused-ring (bicyclic) bond motifs is 2. The normalized spacial score (nSPS) is 53.7. The molecule has 4 N–H and O–H groups in total. The number of likely N-dealkylation sites (tertiary alicyclic amines) is 1. The summed E-state index contributed by atoms with van der Waals surface area (Å²) < 4.78 is 30.3. The molecule has 1 aromatic carbocycles. The maximum absolute atomic E-state index is 13.5. The molecule has 1 unspecified atom stereocenters. The summed E-state index contributed by atoms with van der Waals surface area (Å²) in [6.45, 7) is 0.760. The summed E-state index contributed by atoms with van der Waals surface area (Å²) in [5.74, 6) is -2.96. The number of nitrogens with zero attached hydrogens (tertiary/aromatic N) is 1. The van der Waals surface area contributed by atoms with Crippen molar-refractivity contribution in [2.45, 2.75) is 66.7 Å². The van der Waals surface area contributed by atoms with Crippen molar-refractivity contribution >= 4 is 5.97 Å². The third-order valence-electron chi connectivity index (χ3n) is 12.6. The zero-order valence-electron chi connectivity index (χ0n) is 24.8. The van der Waals surface area contributed by atoms with Gasteiger partial charge in [0.1, 0.15) is 29.5 Å². The Balaban J connectivity index is 1.47. The van der Waals surface area contributed by atoms with E-state index in [1.54, 1.807) is 51.7 Å². The van der Waals surface area contributed by atoms with E-state index in [4.69, 9.17) is 23.7 Å². The lowest BCUT2D eigenvalue weighted by atomic mass is 9.42. The van der Waals surface area contributed by atoms with E-state index in [1.165, 1.54) is 7.11 Å². The van der Waals surface area contributed by atoms with Crippen LogP contribution in [-0.4, -0.2) is 134 Å². The van der Waals surface area contributed by atoms with Gasteiger partial charge in [0.2, 0.25) is 0 Å². The first kappa shape index (κ1) is 29.1. The highest BCUT2D eigenvalue weighted by molar-refractivity contribution is 5.89. The first-order valence-electron chi connectivity index (χ1n) is 14.9. The first-order chi connectivity index (χ1) is 20.0. The fourth-order valence-corrected chi connectivity index (χ4v) is 11.8. The van der Waals surface area contributed by atoms with Crippen molar-refractivity contribution < 1.29 is 48.9 Å². The molecule has 11 heteroatoms. The molecule has 1 saturated heterocycles. The molecule has 6 aliphatic rings. The molecular formula is C31H43NO10. The Labute approximate surface area is 245 Å². The second kappa shape index (κ2) is 9.42. The third kappa shape index (κ3) is 3.05. The monoisotopic (exact) mass is 589 g/mol. The lowest BCUT2D eigenvalue weighted by molar-refractivity contribution is -0.318. The minimum absolute atomic E-state index is 0.102. The standard InChI is InChI=1S/C31H43NO10/c1-32-13-28(14-38-2)17(33)11-18(39-3)30-16-12-29(36)25(42-27(35)15-9-7-6-8-10-15)19(16)31(37,24(34)26(29)41-5)20(23(30)32)21(40-4)22(28)30/h6-10,16-26,33-34,36-37H,11-14H2,1-5H3/t16-,17+,18-,19+,20+,21-,22+,23?,24-,25+,26-,28-,29-,30-,31+/m0/s1. The molecule has 1 aromatic rings. The molecule has 7 rings (SSSR count). The number of rotatable bonds is 7. The Kier molecular flexibility index (Phi) is 6.52. The van der Waals surface area contributed by atoms with Gasteiger partial charge in [0.25, 0.3) is 0 Å². The molecule has 7 bridgehead atoms. The van der Waals surface area contributed by atoms with Crippen LogP contribution in [0.25, 0.3) is 0 Å². The minimum Gasteiger partial charge on any atom is -0.455 e. The number of ether oxygens (including phenoxy) is 5. The van der Waals surface area contributed by atoms with Crippen molar-refractivity contribution in [3.63, 3.8) is 0 Å².